The van der Waals surface area contributed by atoms with Crippen LogP contribution in [0.4, 0.5) is 4.39 Å². The molecule has 0 saturated heterocycles. The third-order valence-electron chi connectivity index (χ3n) is 3.21. The lowest BCUT2D eigenvalue weighted by atomic mass is 9.84. The Morgan fingerprint density at radius 3 is 2.56 bits per heavy atom. The van der Waals surface area contributed by atoms with Crippen molar-refractivity contribution < 1.29 is 4.39 Å². The summed E-state index contributed by atoms with van der Waals surface area (Å²) in [5, 5.41) is 3.25. The molecule has 102 valence electrons. The highest BCUT2D eigenvalue weighted by Gasteiger charge is 2.15. The Morgan fingerprint density at radius 2 is 2.00 bits per heavy atom. The molecule has 0 radical (unpaired) electrons. The van der Waals surface area contributed by atoms with Crippen LogP contribution in [0, 0.1) is 17.2 Å². The largest absolute Gasteiger partial charge is 0.319 e. The molecule has 0 spiro atoms. The third-order valence-corrected chi connectivity index (χ3v) is 3.21. The zero-order chi connectivity index (χ0) is 13.6. The number of rotatable bonds is 6. The van der Waals surface area contributed by atoms with Crippen LogP contribution in [0.3, 0.4) is 0 Å². The summed E-state index contributed by atoms with van der Waals surface area (Å²) in [5.41, 5.74) is 1.47. The molecule has 1 atom stereocenters. The van der Waals surface area contributed by atoms with Gasteiger partial charge in [0, 0.05) is 0 Å². The number of hydrogen-bond donors (Lipinski definition) is 1. The maximum absolute atomic E-state index is 13.2. The summed E-state index contributed by atoms with van der Waals surface area (Å²) >= 11 is 0. The van der Waals surface area contributed by atoms with Gasteiger partial charge in [0.1, 0.15) is 5.82 Å². The Morgan fingerprint density at radius 1 is 1.28 bits per heavy atom. The summed E-state index contributed by atoms with van der Waals surface area (Å²) in [5.74, 6) is 0.447. The molecule has 1 nitrogen and oxygen atoms in total. The lowest BCUT2D eigenvalue weighted by Crippen LogP contribution is -2.22. The minimum absolute atomic E-state index is 0.133. The molecule has 0 amide bonds. The standard InChI is InChI=1S/C16H26FN/c1-16(2,3)9-8-14(12-18-4)10-13-6-5-7-15(17)11-13/h5-7,11,14,18H,8-10,12H2,1-4H3. The van der Waals surface area contributed by atoms with Crippen molar-refractivity contribution in [2.24, 2.45) is 11.3 Å². The van der Waals surface area contributed by atoms with E-state index in [2.05, 4.69) is 26.1 Å². The molecular weight excluding hydrogens is 225 g/mol. The fourth-order valence-electron chi connectivity index (χ4n) is 2.20. The molecular formula is C16H26FN. The fourth-order valence-corrected chi connectivity index (χ4v) is 2.20. The van der Waals surface area contributed by atoms with E-state index in [0.29, 0.717) is 11.3 Å². The normalized spacial score (nSPS) is 13.6. The average molecular weight is 251 g/mol. The topological polar surface area (TPSA) is 12.0 Å². The first-order chi connectivity index (χ1) is 8.40. The van der Waals surface area contributed by atoms with Crippen LogP contribution >= 0.6 is 0 Å². The van der Waals surface area contributed by atoms with Gasteiger partial charge >= 0.3 is 0 Å². The zero-order valence-electron chi connectivity index (χ0n) is 12.1. The van der Waals surface area contributed by atoms with Crippen LogP contribution in [0.25, 0.3) is 0 Å². The van der Waals surface area contributed by atoms with Crippen molar-refractivity contribution >= 4 is 0 Å². The minimum atomic E-state index is -0.133. The Bertz CT molecular complexity index is 354. The van der Waals surface area contributed by atoms with Crippen molar-refractivity contribution in [3.63, 3.8) is 0 Å². The van der Waals surface area contributed by atoms with Crippen molar-refractivity contribution in [2.75, 3.05) is 13.6 Å². The summed E-state index contributed by atoms with van der Waals surface area (Å²) in [4.78, 5) is 0. The molecule has 1 aromatic carbocycles. The molecule has 1 unspecified atom stereocenters. The summed E-state index contributed by atoms with van der Waals surface area (Å²) < 4.78 is 13.2. The predicted octanol–water partition coefficient (Wildman–Crippen LogP) is 4.03. The Hall–Kier alpha value is -0.890. The summed E-state index contributed by atoms with van der Waals surface area (Å²) in [7, 11) is 1.98. The molecule has 0 bridgehead atoms. The smallest absolute Gasteiger partial charge is 0.123 e. The van der Waals surface area contributed by atoms with Crippen molar-refractivity contribution in [3.05, 3.63) is 35.6 Å². The lowest BCUT2D eigenvalue weighted by Gasteiger charge is -2.23. The molecule has 2 heteroatoms. The van der Waals surface area contributed by atoms with Crippen LogP contribution in [0.1, 0.15) is 39.2 Å². The minimum Gasteiger partial charge on any atom is -0.319 e. The van der Waals surface area contributed by atoms with Gasteiger partial charge in [-0.3, -0.25) is 0 Å². The maximum atomic E-state index is 13.2. The SMILES string of the molecule is CNCC(CCC(C)(C)C)Cc1cccc(F)c1. The van der Waals surface area contributed by atoms with Gasteiger partial charge in [0.05, 0.1) is 0 Å². The number of halogens is 1. The van der Waals surface area contributed by atoms with Crippen LogP contribution in [0.2, 0.25) is 0 Å². The fraction of sp³-hybridized carbons (Fsp3) is 0.625. The Labute approximate surface area is 111 Å². The quantitative estimate of drug-likeness (QED) is 0.805. The second kappa shape index (κ2) is 6.89. The molecule has 1 rings (SSSR count). The van der Waals surface area contributed by atoms with Crippen LogP contribution in [-0.2, 0) is 6.42 Å². The van der Waals surface area contributed by atoms with E-state index in [0.717, 1.165) is 18.5 Å². The first kappa shape index (κ1) is 15.2. The van der Waals surface area contributed by atoms with Gasteiger partial charge in [-0.1, -0.05) is 32.9 Å². The van der Waals surface area contributed by atoms with Gasteiger partial charge in [0.25, 0.3) is 0 Å². The van der Waals surface area contributed by atoms with Crippen molar-refractivity contribution in [3.8, 4) is 0 Å². The second-order valence-electron chi connectivity index (χ2n) is 6.36. The molecule has 1 N–H and O–H groups in total. The molecule has 0 heterocycles. The van der Waals surface area contributed by atoms with Crippen LogP contribution in [0.5, 0.6) is 0 Å². The summed E-state index contributed by atoms with van der Waals surface area (Å²) in [6.07, 6.45) is 3.34. The van der Waals surface area contributed by atoms with Gasteiger partial charge < -0.3 is 5.32 Å². The molecule has 1 aromatic rings. The van der Waals surface area contributed by atoms with Gasteiger partial charge in [0.15, 0.2) is 0 Å². The second-order valence-corrected chi connectivity index (χ2v) is 6.36. The highest BCUT2D eigenvalue weighted by molar-refractivity contribution is 5.16. The lowest BCUT2D eigenvalue weighted by molar-refractivity contribution is 0.316. The molecule has 0 fully saturated rings. The van der Waals surface area contributed by atoms with E-state index in [1.807, 2.05) is 13.1 Å². The van der Waals surface area contributed by atoms with E-state index in [1.165, 1.54) is 18.9 Å². The number of nitrogens with one attached hydrogen (secondary N) is 1. The van der Waals surface area contributed by atoms with Gasteiger partial charge in [-0.25, -0.2) is 4.39 Å². The van der Waals surface area contributed by atoms with Crippen LogP contribution in [-0.4, -0.2) is 13.6 Å². The highest BCUT2D eigenvalue weighted by atomic mass is 19.1. The zero-order valence-corrected chi connectivity index (χ0v) is 12.1. The molecule has 0 aliphatic rings. The van der Waals surface area contributed by atoms with Gasteiger partial charge in [-0.2, -0.15) is 0 Å². The van der Waals surface area contributed by atoms with Crippen molar-refractivity contribution in [1.82, 2.24) is 5.32 Å². The van der Waals surface area contributed by atoms with Crippen LogP contribution in [0.15, 0.2) is 24.3 Å². The van der Waals surface area contributed by atoms with Crippen molar-refractivity contribution in [2.45, 2.75) is 40.0 Å². The van der Waals surface area contributed by atoms with Gasteiger partial charge in [-0.05, 0) is 61.9 Å². The average Bonchev–Trinajstić information content (AvgIpc) is 2.25. The first-order valence-electron chi connectivity index (χ1n) is 6.80. The number of benzene rings is 1. The van der Waals surface area contributed by atoms with E-state index in [9.17, 15) is 4.39 Å². The van der Waals surface area contributed by atoms with E-state index in [-0.39, 0.29) is 5.82 Å². The highest BCUT2D eigenvalue weighted by Crippen LogP contribution is 2.25. The van der Waals surface area contributed by atoms with E-state index in [1.54, 1.807) is 12.1 Å². The first-order valence-corrected chi connectivity index (χ1v) is 6.80. The van der Waals surface area contributed by atoms with E-state index < -0.39 is 0 Å². The Kier molecular flexibility index (Phi) is 5.80. The maximum Gasteiger partial charge on any atom is 0.123 e. The molecule has 0 aliphatic carbocycles. The predicted molar refractivity (Wildman–Crippen MR) is 76.2 cm³/mol. The third kappa shape index (κ3) is 6.15. The van der Waals surface area contributed by atoms with E-state index >= 15 is 0 Å². The molecule has 0 aliphatic heterocycles. The summed E-state index contributed by atoms with van der Waals surface area (Å²) in [6.45, 7) is 7.80. The monoisotopic (exact) mass is 251 g/mol. The van der Waals surface area contributed by atoms with Gasteiger partial charge in [-0.15, -0.1) is 0 Å². The summed E-state index contributed by atoms with van der Waals surface area (Å²) in [6, 6.07) is 6.97. The molecule has 0 aromatic heterocycles. The molecule has 18 heavy (non-hydrogen) atoms. The van der Waals surface area contributed by atoms with Crippen LogP contribution < -0.4 is 5.32 Å². The molecule has 0 saturated carbocycles. The van der Waals surface area contributed by atoms with Crippen molar-refractivity contribution in [1.29, 1.82) is 0 Å². The Balaban J connectivity index is 2.57. The number of hydrogen-bond acceptors (Lipinski definition) is 1. The van der Waals surface area contributed by atoms with Gasteiger partial charge in [0.2, 0.25) is 0 Å². The van der Waals surface area contributed by atoms with E-state index in [4.69, 9.17) is 0 Å².